The minimum Gasteiger partial charge on any atom is -0.465 e. The van der Waals surface area contributed by atoms with Crippen LogP contribution in [0.3, 0.4) is 0 Å². The van der Waals surface area contributed by atoms with Gasteiger partial charge in [-0.3, -0.25) is 9.69 Å². The first-order valence-corrected chi connectivity index (χ1v) is 9.26. The van der Waals surface area contributed by atoms with Gasteiger partial charge in [0.15, 0.2) is 0 Å². The van der Waals surface area contributed by atoms with Crippen LogP contribution in [0.2, 0.25) is 5.02 Å². The Hall–Kier alpha value is -3.55. The predicted molar refractivity (Wildman–Crippen MR) is 114 cm³/mol. The number of methoxy groups -OCH3 is 1. The topological polar surface area (TPSA) is 46.6 Å². The van der Waals surface area contributed by atoms with E-state index in [1.165, 1.54) is 7.11 Å². The zero-order chi connectivity index (χ0) is 20.6. The molecule has 0 radical (unpaired) electrons. The molecule has 0 aliphatic carbocycles. The highest BCUT2D eigenvalue weighted by atomic mass is 35.5. The van der Waals surface area contributed by atoms with Crippen LogP contribution in [-0.4, -0.2) is 19.0 Å². The normalized spacial score (nSPS) is 9.86. The van der Waals surface area contributed by atoms with Gasteiger partial charge in [-0.25, -0.2) is 4.79 Å². The SMILES string of the molecule is COC(=O)c1cccc(CN(C(=O)C#Cc2ccc(Cl)cc2)c2ccccc2)c1. The van der Waals surface area contributed by atoms with Crippen molar-refractivity contribution in [3.63, 3.8) is 0 Å². The molecular weight excluding hydrogens is 386 g/mol. The summed E-state index contributed by atoms with van der Waals surface area (Å²) in [6, 6.07) is 23.2. The Balaban J connectivity index is 1.89. The number of halogens is 1. The number of ether oxygens (including phenoxy) is 1. The van der Waals surface area contributed by atoms with Crippen molar-refractivity contribution in [1.29, 1.82) is 0 Å². The number of benzene rings is 3. The second-order valence-corrected chi connectivity index (χ2v) is 6.61. The Labute approximate surface area is 174 Å². The van der Waals surface area contributed by atoms with Crippen LogP contribution < -0.4 is 4.90 Å². The van der Waals surface area contributed by atoms with E-state index in [0.717, 1.165) is 5.56 Å². The van der Waals surface area contributed by atoms with Crippen LogP contribution in [0.15, 0.2) is 78.9 Å². The summed E-state index contributed by atoms with van der Waals surface area (Å²) in [7, 11) is 1.33. The summed E-state index contributed by atoms with van der Waals surface area (Å²) >= 11 is 5.88. The highest BCUT2D eigenvalue weighted by molar-refractivity contribution is 6.30. The van der Waals surface area contributed by atoms with Gasteiger partial charge in [0.25, 0.3) is 0 Å². The monoisotopic (exact) mass is 403 g/mol. The van der Waals surface area contributed by atoms with Crippen molar-refractivity contribution in [2.45, 2.75) is 6.54 Å². The van der Waals surface area contributed by atoms with Crippen LogP contribution in [0, 0.1) is 11.8 Å². The number of carbonyl (C=O) groups excluding carboxylic acids is 2. The lowest BCUT2D eigenvalue weighted by Gasteiger charge is -2.20. The van der Waals surface area contributed by atoms with E-state index >= 15 is 0 Å². The molecule has 0 aromatic heterocycles. The van der Waals surface area contributed by atoms with Crippen LogP contribution in [0.5, 0.6) is 0 Å². The molecular formula is C24H18ClNO3. The van der Waals surface area contributed by atoms with Gasteiger partial charge in [0.05, 0.1) is 19.2 Å². The second-order valence-electron chi connectivity index (χ2n) is 6.18. The van der Waals surface area contributed by atoms with Gasteiger partial charge in [-0.2, -0.15) is 0 Å². The standard InChI is InChI=1S/C24H18ClNO3/c1-29-24(28)20-7-5-6-19(16-20)17-26(22-8-3-2-4-9-22)23(27)15-12-18-10-13-21(25)14-11-18/h2-11,13-14,16H,17H2,1H3. The van der Waals surface area contributed by atoms with E-state index in [1.54, 1.807) is 47.4 Å². The molecule has 0 saturated heterocycles. The molecule has 3 aromatic carbocycles. The molecule has 29 heavy (non-hydrogen) atoms. The molecule has 4 nitrogen and oxygen atoms in total. The lowest BCUT2D eigenvalue weighted by atomic mass is 10.1. The summed E-state index contributed by atoms with van der Waals surface area (Å²) in [5, 5.41) is 0.610. The number of nitrogens with zero attached hydrogens (tertiary/aromatic N) is 1. The fraction of sp³-hybridized carbons (Fsp3) is 0.0833. The van der Waals surface area contributed by atoms with Crippen molar-refractivity contribution in [3.8, 4) is 11.8 Å². The number of rotatable bonds is 4. The quantitative estimate of drug-likeness (QED) is 0.468. The van der Waals surface area contributed by atoms with Crippen LogP contribution in [0.1, 0.15) is 21.5 Å². The van der Waals surface area contributed by atoms with Gasteiger partial charge >= 0.3 is 11.9 Å². The third-order valence-corrected chi connectivity index (χ3v) is 4.41. The van der Waals surface area contributed by atoms with Crippen molar-refractivity contribution in [2.24, 2.45) is 0 Å². The molecule has 144 valence electrons. The first-order chi connectivity index (χ1) is 14.1. The number of hydrogen-bond donors (Lipinski definition) is 0. The Morgan fingerprint density at radius 1 is 0.966 bits per heavy atom. The fourth-order valence-electron chi connectivity index (χ4n) is 2.71. The largest absolute Gasteiger partial charge is 0.465 e. The van der Waals surface area contributed by atoms with E-state index in [4.69, 9.17) is 16.3 Å². The van der Waals surface area contributed by atoms with Crippen LogP contribution in [-0.2, 0) is 16.1 Å². The number of hydrogen-bond acceptors (Lipinski definition) is 3. The zero-order valence-electron chi connectivity index (χ0n) is 15.8. The molecule has 5 heteroatoms. The Morgan fingerprint density at radius 3 is 2.38 bits per heavy atom. The summed E-state index contributed by atoms with van der Waals surface area (Å²) in [5.41, 5.74) is 2.63. The van der Waals surface area contributed by atoms with Gasteiger partial charge in [0.2, 0.25) is 0 Å². The molecule has 0 aliphatic rings. The molecule has 1 amide bonds. The Morgan fingerprint density at radius 2 is 1.69 bits per heavy atom. The average Bonchev–Trinajstić information content (AvgIpc) is 2.77. The lowest BCUT2D eigenvalue weighted by molar-refractivity contribution is -0.113. The van der Waals surface area contributed by atoms with Gasteiger partial charge in [-0.05, 0) is 54.1 Å². The van der Waals surface area contributed by atoms with Crippen LogP contribution in [0.4, 0.5) is 5.69 Å². The van der Waals surface area contributed by atoms with E-state index in [2.05, 4.69) is 11.8 Å². The van der Waals surface area contributed by atoms with E-state index < -0.39 is 5.97 Å². The Kier molecular flexibility index (Phi) is 6.67. The second kappa shape index (κ2) is 9.59. The smallest absolute Gasteiger partial charge is 0.337 e. The van der Waals surface area contributed by atoms with E-state index in [0.29, 0.717) is 21.8 Å². The number of carbonyl (C=O) groups is 2. The number of esters is 1. The molecule has 0 fully saturated rings. The zero-order valence-corrected chi connectivity index (χ0v) is 16.5. The maximum absolute atomic E-state index is 12.9. The number of anilines is 1. The highest BCUT2D eigenvalue weighted by Crippen LogP contribution is 2.18. The highest BCUT2D eigenvalue weighted by Gasteiger charge is 2.15. The maximum Gasteiger partial charge on any atom is 0.337 e. The minimum absolute atomic E-state index is 0.267. The molecule has 3 rings (SSSR count). The van der Waals surface area contributed by atoms with Crippen molar-refractivity contribution >= 4 is 29.2 Å². The first kappa shape index (κ1) is 20.2. The van der Waals surface area contributed by atoms with Gasteiger partial charge in [-0.15, -0.1) is 0 Å². The van der Waals surface area contributed by atoms with Crippen molar-refractivity contribution in [3.05, 3.63) is 101 Å². The minimum atomic E-state index is -0.424. The fourth-order valence-corrected chi connectivity index (χ4v) is 2.84. The van der Waals surface area contributed by atoms with Gasteiger partial charge < -0.3 is 4.74 Å². The molecule has 0 aliphatic heterocycles. The van der Waals surface area contributed by atoms with E-state index in [-0.39, 0.29) is 12.5 Å². The Bertz CT molecular complexity index is 1070. The number of para-hydroxylation sites is 1. The van der Waals surface area contributed by atoms with Crippen LogP contribution >= 0.6 is 11.6 Å². The molecule has 0 bridgehead atoms. The molecule has 0 atom stereocenters. The summed E-state index contributed by atoms with van der Waals surface area (Å²) in [6.07, 6.45) is 0. The molecule has 0 spiro atoms. The average molecular weight is 404 g/mol. The summed E-state index contributed by atoms with van der Waals surface area (Å²) in [4.78, 5) is 26.3. The number of amides is 1. The van der Waals surface area contributed by atoms with E-state index in [9.17, 15) is 9.59 Å². The molecule has 0 heterocycles. The van der Waals surface area contributed by atoms with Crippen LogP contribution in [0.25, 0.3) is 0 Å². The summed E-state index contributed by atoms with van der Waals surface area (Å²) < 4.78 is 4.77. The molecule has 0 saturated carbocycles. The van der Waals surface area contributed by atoms with Gasteiger partial charge in [0, 0.05) is 22.2 Å². The van der Waals surface area contributed by atoms with Crippen molar-refractivity contribution in [2.75, 3.05) is 12.0 Å². The molecule has 0 unspecified atom stereocenters. The van der Waals surface area contributed by atoms with Crippen molar-refractivity contribution < 1.29 is 14.3 Å². The summed E-state index contributed by atoms with van der Waals surface area (Å²) in [6.45, 7) is 0.267. The maximum atomic E-state index is 12.9. The van der Waals surface area contributed by atoms with Gasteiger partial charge in [-0.1, -0.05) is 47.9 Å². The van der Waals surface area contributed by atoms with Gasteiger partial charge in [0.1, 0.15) is 0 Å². The molecule has 0 N–H and O–H groups in total. The molecule has 3 aromatic rings. The van der Waals surface area contributed by atoms with E-state index in [1.807, 2.05) is 36.4 Å². The summed E-state index contributed by atoms with van der Waals surface area (Å²) in [5.74, 6) is 4.78. The third kappa shape index (κ3) is 5.47. The third-order valence-electron chi connectivity index (χ3n) is 4.16. The predicted octanol–water partition coefficient (Wildman–Crippen LogP) is 4.71. The first-order valence-electron chi connectivity index (χ1n) is 8.88. The van der Waals surface area contributed by atoms with Crippen molar-refractivity contribution in [1.82, 2.24) is 0 Å². The lowest BCUT2D eigenvalue weighted by Crippen LogP contribution is -2.29.